The number of rotatable bonds is 34. The van der Waals surface area contributed by atoms with Crippen molar-refractivity contribution in [3.8, 4) is 0 Å². The number of nitrogens with zero attached hydrogens (tertiary/aromatic N) is 1. The van der Waals surface area contributed by atoms with Crippen LogP contribution in [0.15, 0.2) is 152 Å². The van der Waals surface area contributed by atoms with Crippen LogP contribution >= 0.6 is 11.8 Å². The molecule has 11 N–H and O–H groups in total. The van der Waals surface area contributed by atoms with Crippen LogP contribution in [0.25, 0.3) is 10.9 Å². The molecule has 3 aliphatic heterocycles. The van der Waals surface area contributed by atoms with Crippen molar-refractivity contribution in [2.75, 3.05) is 32.1 Å². The Labute approximate surface area is 851 Å². The van der Waals surface area contributed by atoms with Crippen molar-refractivity contribution >= 4 is 111 Å². The number of ketones is 3. The normalized spacial score (nSPS) is 22.3. The van der Waals surface area contributed by atoms with Crippen LogP contribution in [0.1, 0.15) is 262 Å². The number of benzene rings is 5. The molecule has 0 bridgehead atoms. The van der Waals surface area contributed by atoms with Gasteiger partial charge in [-0.25, -0.2) is 9.59 Å². The van der Waals surface area contributed by atoms with Gasteiger partial charge in [0.2, 0.25) is 53.2 Å². The number of esters is 1. The van der Waals surface area contributed by atoms with Gasteiger partial charge in [0, 0.05) is 93.0 Å². The molecule has 34 heteroatoms. The number of Topliss-reactive ketones (excluding diaryl/α,β-unsaturated/α-hetero) is 3. The molecule has 4 heterocycles. The molecule has 6 aromatic rings. The summed E-state index contributed by atoms with van der Waals surface area (Å²) in [5.74, 6) is -12.0. The standard InChI is InChI=1S/C110H154N12O21S/c1-68(2)59-72-62-87(124)81(53-54-91(127)121-110(75-41-26-21-27-42-75,76-43-28-22-29-44-76)77-45-30-23-31-46-77)113-98(131)82(60-71-39-24-20-25-40-71)115-99(132)83(61-73-65-122(104(137)143-109(17,18)19)86-51-34-33-49-79(73)86)116-101(134)93(69(3)140-106(8,9)10)119-102(135)94(70(4)141-107(11,12)13)118-100(133)84(64-92(128)142-108(14,15)16)114-97(130)74(66-139-105(5,6)7)63-88(125)80(50-36-37-56-111-96(72)129)112-90(126)55-58-138-57-38-48-78(123)47-32-35-52-89-95-85(67-144-89)117-103(136)120-95/h20-31,33-34,39-46,49,51,65,68-70,72,74,80-85,89,93-95H,32,35-38,47-48,50,52-64,66-67H2,1-19H3,(H,111,129)(H,112,126)(H,113,131)(H,114,130)(H,115,132)(H,116,134)(H,118,133)(H,119,135)(H,121,127)(H2,117,120,136)/t69-,70-,72-,74+,80+,81+,82+,83+,84+,85+,89+,93+,94+,95+/m1/s1. The molecule has 0 aliphatic carbocycles. The molecule has 3 aliphatic rings. The van der Waals surface area contributed by atoms with E-state index < -0.39 is 215 Å². The largest absolute Gasteiger partial charge is 0.460 e. The summed E-state index contributed by atoms with van der Waals surface area (Å²) in [5, 5.41) is 32.9. The smallest absolute Gasteiger partial charge is 0.419 e. The van der Waals surface area contributed by atoms with Gasteiger partial charge >= 0.3 is 18.1 Å². The molecule has 0 spiro atoms. The highest BCUT2D eigenvalue weighted by Crippen LogP contribution is 2.39. The molecular weight excluding hydrogens is 1860 g/mol. The average Bonchev–Trinajstić information content (AvgIpc) is 1.05. The lowest BCUT2D eigenvalue weighted by molar-refractivity contribution is -0.157. The van der Waals surface area contributed by atoms with Crippen LogP contribution in [0.3, 0.4) is 0 Å². The maximum Gasteiger partial charge on any atom is 0.419 e. The molecule has 786 valence electrons. The minimum Gasteiger partial charge on any atom is -0.460 e. The zero-order valence-corrected chi connectivity index (χ0v) is 88.1. The van der Waals surface area contributed by atoms with Crippen molar-refractivity contribution in [2.24, 2.45) is 17.8 Å². The van der Waals surface area contributed by atoms with Gasteiger partial charge in [0.15, 0.2) is 11.6 Å². The number of unbranched alkanes of at least 4 members (excludes halogenated alkanes) is 1. The van der Waals surface area contributed by atoms with Gasteiger partial charge in [0.1, 0.15) is 52.7 Å². The molecule has 0 unspecified atom stereocenters. The lowest BCUT2D eigenvalue weighted by Gasteiger charge is -2.37. The number of thioether (sulfide) groups is 1. The predicted octanol–water partition coefficient (Wildman–Crippen LogP) is 12.4. The molecule has 9 rings (SSSR count). The van der Waals surface area contributed by atoms with E-state index in [9.17, 15) is 24.0 Å². The van der Waals surface area contributed by atoms with Crippen molar-refractivity contribution in [1.82, 2.24) is 63.1 Å². The van der Waals surface area contributed by atoms with Gasteiger partial charge in [-0.05, 0) is 209 Å². The Balaban J connectivity index is 1.13. The maximum atomic E-state index is 16.3. The Bertz CT molecular complexity index is 5240. The fraction of sp³-hybridized carbons (Fsp3) is 0.573. The van der Waals surface area contributed by atoms with Gasteiger partial charge in [-0.1, -0.05) is 160 Å². The van der Waals surface area contributed by atoms with Crippen molar-refractivity contribution in [1.29, 1.82) is 0 Å². The van der Waals surface area contributed by atoms with E-state index >= 15 is 47.9 Å². The van der Waals surface area contributed by atoms with Crippen molar-refractivity contribution in [3.63, 3.8) is 0 Å². The van der Waals surface area contributed by atoms with Crippen LogP contribution in [0, 0.1) is 17.8 Å². The Kier molecular flexibility index (Phi) is 43.0. The second-order valence-electron chi connectivity index (χ2n) is 43.3. The van der Waals surface area contributed by atoms with Crippen LogP contribution in [0.4, 0.5) is 9.59 Å². The molecule has 3 saturated heterocycles. The zero-order chi connectivity index (χ0) is 106. The van der Waals surface area contributed by atoms with Crippen molar-refractivity contribution in [3.05, 3.63) is 180 Å². The van der Waals surface area contributed by atoms with E-state index in [0.717, 1.165) is 18.6 Å². The van der Waals surface area contributed by atoms with Crippen molar-refractivity contribution in [2.45, 2.75) is 353 Å². The topological polar surface area (TPSA) is 449 Å². The van der Waals surface area contributed by atoms with E-state index in [1.165, 1.54) is 24.6 Å². The SMILES string of the molecule is CC(C)C[C@@H]1CC(=O)[C@H](CCC(=O)NC(c2ccccc2)(c2ccccc2)c2ccccc2)NC(=O)[C@H](Cc2ccccc2)NC(=O)[C@H](Cc2cn(C(=O)OC(C)(C)C)c3ccccc23)NC(=O)[C@H]([C@@H](C)OC(C)(C)C)NC(=O)[C@H]([C@@H](C)OC(C)(C)C)NC(=O)[C@H](CC(=O)OC(C)(C)C)NC(=O)[C@H](COC(C)(C)C)CC(=O)[C@@H](NC(=O)CCOCCCC(=O)CCCC[C@@H]2SC[C@@H]3NC(=O)N[C@@H]32)CCCCNC1=O. The number of hydrogen-bond donors (Lipinski definition) is 11. The van der Waals surface area contributed by atoms with Crippen LogP contribution in [0.5, 0.6) is 0 Å². The molecule has 0 saturated carbocycles. The van der Waals surface area contributed by atoms with Crippen LogP contribution in [0.2, 0.25) is 0 Å². The first-order valence-corrected chi connectivity index (χ1v) is 51.6. The summed E-state index contributed by atoms with van der Waals surface area (Å²) in [6.07, 6.45) is -1.81. The van der Waals surface area contributed by atoms with Gasteiger partial charge < -0.3 is 86.9 Å². The second kappa shape index (κ2) is 53.4. The minimum atomic E-state index is -1.90. The average molecular weight is 2010 g/mol. The molecule has 33 nitrogen and oxygen atoms in total. The summed E-state index contributed by atoms with van der Waals surface area (Å²) in [6, 6.07) is 31.7. The summed E-state index contributed by atoms with van der Waals surface area (Å²) >= 11 is 1.82. The first-order chi connectivity index (χ1) is 67.8. The molecule has 1 aromatic heterocycles. The Morgan fingerprint density at radius 3 is 1.57 bits per heavy atom. The Hall–Kier alpha value is -11.7. The third-order valence-corrected chi connectivity index (χ3v) is 26.2. The quantitative estimate of drug-likeness (QED) is 0.00773. The first-order valence-electron chi connectivity index (χ1n) is 50.6. The number of hydrogen-bond acceptors (Lipinski definition) is 22. The number of carbonyl (C=O) groups excluding carboxylic acids is 15. The lowest BCUT2D eigenvalue weighted by atomic mass is 9.77. The van der Waals surface area contributed by atoms with Crippen LogP contribution < -0.4 is 58.5 Å². The summed E-state index contributed by atoms with van der Waals surface area (Å²) in [7, 11) is 0. The predicted molar refractivity (Wildman–Crippen MR) is 550 cm³/mol. The molecule has 0 radical (unpaired) electrons. The number of carbonyl (C=O) groups is 15. The van der Waals surface area contributed by atoms with E-state index in [2.05, 4.69) is 58.5 Å². The van der Waals surface area contributed by atoms with Gasteiger partial charge in [-0.15, -0.1) is 0 Å². The van der Waals surface area contributed by atoms with Crippen molar-refractivity contribution < 1.29 is 100 Å². The fourth-order valence-electron chi connectivity index (χ4n) is 18.1. The minimum absolute atomic E-state index is 0.0218. The molecule has 14 atom stereocenters. The number of amides is 11. The first kappa shape index (κ1) is 116. The highest BCUT2D eigenvalue weighted by Gasteiger charge is 2.46. The van der Waals surface area contributed by atoms with Gasteiger partial charge in [-0.2, -0.15) is 11.8 Å². The van der Waals surface area contributed by atoms with Gasteiger partial charge in [-0.3, -0.25) is 66.9 Å². The Morgan fingerprint density at radius 2 is 0.993 bits per heavy atom. The number of nitrogens with one attached hydrogen (secondary N) is 11. The summed E-state index contributed by atoms with van der Waals surface area (Å²) in [6.45, 7) is 31.5. The number of aromatic nitrogens is 1. The summed E-state index contributed by atoms with van der Waals surface area (Å²) < 4.78 is 38.0. The number of fused-ring (bicyclic) bond motifs is 2. The lowest BCUT2D eigenvalue weighted by Crippen LogP contribution is -2.64. The zero-order valence-electron chi connectivity index (χ0n) is 87.3. The monoisotopic (exact) mass is 2010 g/mol. The summed E-state index contributed by atoms with van der Waals surface area (Å²) in [5.41, 5.74) is -3.32. The van der Waals surface area contributed by atoms with Crippen LogP contribution in [-0.2, 0) is 109 Å². The third-order valence-electron chi connectivity index (χ3n) is 24.7. The number of ether oxygens (including phenoxy) is 6. The fourth-order valence-corrected chi connectivity index (χ4v) is 19.6. The third kappa shape index (κ3) is 37.1. The van der Waals surface area contributed by atoms with E-state index in [4.69, 9.17) is 28.4 Å². The highest BCUT2D eigenvalue weighted by molar-refractivity contribution is 8.00. The van der Waals surface area contributed by atoms with E-state index in [0.29, 0.717) is 58.0 Å². The van der Waals surface area contributed by atoms with E-state index in [1.54, 1.807) is 158 Å². The molecule has 11 amide bonds. The number of urea groups is 1. The highest BCUT2D eigenvalue weighted by atomic mass is 32.2. The van der Waals surface area contributed by atoms with E-state index in [-0.39, 0.29) is 106 Å². The summed E-state index contributed by atoms with van der Waals surface area (Å²) in [4.78, 5) is 225. The molecular formula is C110H154N12O21S. The molecule has 5 aromatic carbocycles. The molecule has 144 heavy (non-hydrogen) atoms. The van der Waals surface area contributed by atoms with Gasteiger partial charge in [0.25, 0.3) is 0 Å². The van der Waals surface area contributed by atoms with E-state index in [1.807, 2.05) is 117 Å². The maximum absolute atomic E-state index is 16.3. The number of para-hydroxylation sites is 1. The Morgan fingerprint density at radius 1 is 0.472 bits per heavy atom. The van der Waals surface area contributed by atoms with Gasteiger partial charge in [0.05, 0.1) is 84.2 Å². The molecule has 3 fully saturated rings. The second-order valence-corrected chi connectivity index (χ2v) is 44.6. The van der Waals surface area contributed by atoms with Crippen LogP contribution in [-0.4, -0.2) is 225 Å².